The topological polar surface area (TPSA) is 143 Å². The lowest BCUT2D eigenvalue weighted by atomic mass is 10.0. The minimum absolute atomic E-state index is 0.118. The highest BCUT2D eigenvalue weighted by molar-refractivity contribution is 5.74. The zero-order valence-corrected chi connectivity index (χ0v) is 16.7. The highest BCUT2D eigenvalue weighted by Crippen LogP contribution is 2.27. The Morgan fingerprint density at radius 2 is 1.80 bits per heavy atom. The molecule has 0 fully saturated rings. The number of nitrogens with zero attached hydrogens (tertiary/aromatic N) is 1. The molecule has 0 aromatic heterocycles. The third-order valence-corrected chi connectivity index (χ3v) is 4.49. The summed E-state index contributed by atoms with van der Waals surface area (Å²) < 4.78 is 10.4. The van der Waals surface area contributed by atoms with Crippen molar-refractivity contribution < 1.29 is 29.4 Å². The fraction of sp³-hybridized carbons (Fsp3) is 0.350. The Balaban J connectivity index is 1.88. The summed E-state index contributed by atoms with van der Waals surface area (Å²) >= 11 is 0. The van der Waals surface area contributed by atoms with Gasteiger partial charge in [0.2, 0.25) is 0 Å². The summed E-state index contributed by atoms with van der Waals surface area (Å²) in [5.41, 5.74) is 1.15. The number of hydrogen-bond acceptors (Lipinski definition) is 7. The summed E-state index contributed by atoms with van der Waals surface area (Å²) in [7, 11) is 3.09. The van der Waals surface area contributed by atoms with Crippen LogP contribution >= 0.6 is 0 Å². The second-order valence-corrected chi connectivity index (χ2v) is 6.42. The molecule has 2 aromatic rings. The first-order chi connectivity index (χ1) is 14.4. The molecule has 0 aliphatic carbocycles. The number of hydrogen-bond donors (Lipinski definition) is 4. The van der Waals surface area contributed by atoms with Gasteiger partial charge in [0.15, 0.2) is 11.5 Å². The molecule has 0 spiro atoms. The van der Waals surface area contributed by atoms with Crippen molar-refractivity contribution in [3.63, 3.8) is 0 Å². The molecule has 0 saturated heterocycles. The molecule has 162 valence electrons. The first kappa shape index (κ1) is 22.9. The van der Waals surface area contributed by atoms with Gasteiger partial charge in [-0.25, -0.2) is 4.79 Å². The molecule has 2 aromatic carbocycles. The number of rotatable bonds is 10. The van der Waals surface area contributed by atoms with Crippen LogP contribution in [0, 0.1) is 10.1 Å². The van der Waals surface area contributed by atoms with Crippen molar-refractivity contribution in [2.24, 2.45) is 0 Å². The van der Waals surface area contributed by atoms with Crippen molar-refractivity contribution in [3.05, 3.63) is 63.7 Å². The van der Waals surface area contributed by atoms with E-state index in [9.17, 15) is 25.1 Å². The van der Waals surface area contributed by atoms with E-state index in [-0.39, 0.29) is 5.69 Å². The molecule has 10 heteroatoms. The number of amides is 2. The number of carbonyl (C=O) groups is 1. The molecular weight excluding hydrogens is 394 g/mol. The summed E-state index contributed by atoms with van der Waals surface area (Å²) in [6.07, 6.45) is -0.699. The van der Waals surface area contributed by atoms with Gasteiger partial charge < -0.3 is 30.3 Å². The van der Waals surface area contributed by atoms with Crippen LogP contribution in [0.3, 0.4) is 0 Å². The molecule has 0 heterocycles. The third-order valence-electron chi connectivity index (χ3n) is 4.49. The maximum absolute atomic E-state index is 12.1. The second kappa shape index (κ2) is 11.0. The number of methoxy groups -OCH3 is 2. The lowest BCUT2D eigenvalue weighted by molar-refractivity contribution is -0.384. The van der Waals surface area contributed by atoms with Crippen LogP contribution in [-0.2, 0) is 6.42 Å². The molecule has 30 heavy (non-hydrogen) atoms. The number of carbonyl (C=O) groups excluding carboxylic acids is 1. The summed E-state index contributed by atoms with van der Waals surface area (Å²) in [6.45, 7) is -0.200. The molecule has 0 radical (unpaired) electrons. The number of aliphatic hydroxyl groups excluding tert-OH is 2. The zero-order valence-electron chi connectivity index (χ0n) is 16.7. The normalized spacial score (nSPS) is 12.5. The van der Waals surface area contributed by atoms with Crippen molar-refractivity contribution in [2.45, 2.75) is 18.6 Å². The SMILES string of the molecule is COc1ccc(CCNC(=O)N[C@@H](CO)[C@@H](O)c2ccc([N+](=O)[O-])cc2)cc1OC. The number of nitro groups is 1. The predicted octanol–water partition coefficient (Wildman–Crippen LogP) is 1.55. The minimum Gasteiger partial charge on any atom is -0.493 e. The first-order valence-electron chi connectivity index (χ1n) is 9.18. The Hall–Kier alpha value is -3.37. The lowest BCUT2D eigenvalue weighted by Crippen LogP contribution is -2.47. The molecule has 10 nitrogen and oxygen atoms in total. The summed E-state index contributed by atoms with van der Waals surface area (Å²) in [5.74, 6) is 1.20. The van der Waals surface area contributed by atoms with E-state index < -0.39 is 29.7 Å². The van der Waals surface area contributed by atoms with Crippen LogP contribution in [0.2, 0.25) is 0 Å². The van der Waals surface area contributed by atoms with Gasteiger partial charge >= 0.3 is 6.03 Å². The molecular formula is C20H25N3O7. The number of nitrogens with one attached hydrogen (secondary N) is 2. The van der Waals surface area contributed by atoms with Crippen LogP contribution < -0.4 is 20.1 Å². The van der Waals surface area contributed by atoms with Crippen molar-refractivity contribution in [1.82, 2.24) is 10.6 Å². The van der Waals surface area contributed by atoms with Crippen molar-refractivity contribution in [2.75, 3.05) is 27.4 Å². The number of nitro benzene ring substituents is 1. The largest absolute Gasteiger partial charge is 0.493 e. The zero-order chi connectivity index (χ0) is 22.1. The fourth-order valence-electron chi connectivity index (χ4n) is 2.83. The van der Waals surface area contributed by atoms with Crippen molar-refractivity contribution in [3.8, 4) is 11.5 Å². The summed E-state index contributed by atoms with van der Waals surface area (Å²) in [4.78, 5) is 22.3. The van der Waals surface area contributed by atoms with E-state index in [4.69, 9.17) is 9.47 Å². The van der Waals surface area contributed by atoms with Crippen LogP contribution in [-0.4, -0.2) is 54.6 Å². The Labute approximate surface area is 173 Å². The maximum Gasteiger partial charge on any atom is 0.315 e. The van der Waals surface area contributed by atoms with Crippen LogP contribution in [0.25, 0.3) is 0 Å². The maximum atomic E-state index is 12.1. The average Bonchev–Trinajstić information content (AvgIpc) is 2.76. The van der Waals surface area contributed by atoms with Crippen LogP contribution in [0.4, 0.5) is 10.5 Å². The Morgan fingerprint density at radius 3 is 2.37 bits per heavy atom. The number of non-ortho nitro benzene ring substituents is 1. The number of urea groups is 1. The molecule has 2 rings (SSSR count). The number of ether oxygens (including phenoxy) is 2. The first-order valence-corrected chi connectivity index (χ1v) is 9.18. The van der Waals surface area contributed by atoms with Crippen LogP contribution in [0.1, 0.15) is 17.2 Å². The van der Waals surface area contributed by atoms with E-state index in [1.54, 1.807) is 20.3 Å². The molecule has 2 amide bonds. The Bertz CT molecular complexity index is 858. The van der Waals surface area contributed by atoms with E-state index in [1.165, 1.54) is 24.3 Å². The van der Waals surface area contributed by atoms with Crippen molar-refractivity contribution in [1.29, 1.82) is 0 Å². The molecule has 0 bridgehead atoms. The van der Waals surface area contributed by atoms with Crippen LogP contribution in [0.15, 0.2) is 42.5 Å². The number of benzene rings is 2. The van der Waals surface area contributed by atoms with E-state index in [0.29, 0.717) is 30.0 Å². The Morgan fingerprint density at radius 1 is 1.13 bits per heavy atom. The molecule has 0 unspecified atom stereocenters. The van der Waals surface area contributed by atoms with E-state index in [2.05, 4.69) is 10.6 Å². The molecule has 0 saturated carbocycles. The van der Waals surface area contributed by atoms with Gasteiger partial charge in [-0.15, -0.1) is 0 Å². The molecule has 0 aliphatic heterocycles. The van der Waals surface area contributed by atoms with Crippen LogP contribution in [0.5, 0.6) is 11.5 Å². The molecule has 4 N–H and O–H groups in total. The minimum atomic E-state index is -1.23. The van der Waals surface area contributed by atoms with Gasteiger partial charge in [-0.2, -0.15) is 0 Å². The van der Waals surface area contributed by atoms with E-state index in [1.807, 2.05) is 12.1 Å². The smallest absolute Gasteiger partial charge is 0.315 e. The third kappa shape index (κ3) is 6.06. The monoisotopic (exact) mass is 419 g/mol. The fourth-order valence-corrected chi connectivity index (χ4v) is 2.83. The van der Waals surface area contributed by atoms with Crippen molar-refractivity contribution >= 4 is 11.7 Å². The summed E-state index contributed by atoms with van der Waals surface area (Å²) in [5, 5.41) is 35.8. The van der Waals surface area contributed by atoms with E-state index >= 15 is 0 Å². The molecule has 0 aliphatic rings. The van der Waals surface area contributed by atoms with E-state index in [0.717, 1.165) is 5.56 Å². The Kier molecular flexibility index (Phi) is 8.39. The second-order valence-electron chi connectivity index (χ2n) is 6.42. The number of aliphatic hydroxyl groups is 2. The standard InChI is InChI=1S/C20H25N3O7/c1-29-17-8-3-13(11-18(17)30-2)9-10-21-20(26)22-16(12-24)19(25)14-4-6-15(7-5-14)23(27)28/h3-8,11,16,19,24-25H,9-10,12H2,1-2H3,(H2,21,22,26)/t16-,19-/m0/s1. The van der Waals surface area contributed by atoms with Gasteiger partial charge in [-0.05, 0) is 41.8 Å². The lowest BCUT2D eigenvalue weighted by Gasteiger charge is -2.22. The predicted molar refractivity (Wildman–Crippen MR) is 109 cm³/mol. The average molecular weight is 419 g/mol. The van der Waals surface area contributed by atoms with Gasteiger partial charge in [-0.3, -0.25) is 10.1 Å². The quantitative estimate of drug-likeness (QED) is 0.338. The highest BCUT2D eigenvalue weighted by atomic mass is 16.6. The van der Waals surface area contributed by atoms with Gasteiger partial charge in [-0.1, -0.05) is 6.07 Å². The van der Waals surface area contributed by atoms with Gasteiger partial charge in [0.05, 0.1) is 31.8 Å². The summed E-state index contributed by atoms with van der Waals surface area (Å²) in [6, 6.07) is 9.15. The van der Waals surface area contributed by atoms with Gasteiger partial charge in [0.25, 0.3) is 5.69 Å². The van der Waals surface area contributed by atoms with Gasteiger partial charge in [0, 0.05) is 18.7 Å². The van der Waals surface area contributed by atoms with Gasteiger partial charge in [0.1, 0.15) is 6.10 Å². The molecule has 2 atom stereocenters. The highest BCUT2D eigenvalue weighted by Gasteiger charge is 2.22.